The molecule has 1 saturated carbocycles. The van der Waals surface area contributed by atoms with Crippen molar-refractivity contribution in [2.45, 2.75) is 38.5 Å². The predicted molar refractivity (Wildman–Crippen MR) is 79.4 cm³/mol. The van der Waals surface area contributed by atoms with Crippen molar-refractivity contribution < 1.29 is 0 Å². The van der Waals surface area contributed by atoms with Crippen LogP contribution in [0.15, 0.2) is 0 Å². The summed E-state index contributed by atoms with van der Waals surface area (Å²) < 4.78 is 0. The Kier molecular flexibility index (Phi) is 4.58. The zero-order valence-electron chi connectivity index (χ0n) is 12.2. The Bertz CT molecular complexity index is 426. The quantitative estimate of drug-likeness (QED) is 0.736. The zero-order chi connectivity index (χ0) is 13.8. The number of nitrogens with one attached hydrogen (secondary N) is 1. The summed E-state index contributed by atoms with van der Waals surface area (Å²) in [5.41, 5.74) is 6.93. The smallest absolute Gasteiger partial charge is 0.136 e. The molecule has 106 valence electrons. The average molecular weight is 263 g/mol. The Hall–Kier alpha value is -1.36. The zero-order valence-corrected chi connectivity index (χ0v) is 12.2. The van der Waals surface area contributed by atoms with Gasteiger partial charge in [0.1, 0.15) is 17.5 Å². The number of aromatic nitrogens is 2. The van der Waals surface area contributed by atoms with Crippen LogP contribution in [0.5, 0.6) is 0 Å². The average Bonchev–Trinajstić information content (AvgIpc) is 3.17. The highest BCUT2D eigenvalue weighted by atomic mass is 15.1. The molecular formula is C14H25N5. The fraction of sp³-hybridized carbons (Fsp3) is 0.714. The second-order valence-corrected chi connectivity index (χ2v) is 5.65. The summed E-state index contributed by atoms with van der Waals surface area (Å²) in [6.07, 6.45) is 4.73. The van der Waals surface area contributed by atoms with Crippen LogP contribution >= 0.6 is 0 Å². The van der Waals surface area contributed by atoms with Gasteiger partial charge in [0.15, 0.2) is 0 Å². The highest BCUT2D eigenvalue weighted by Crippen LogP contribution is 2.39. The number of nitrogens with two attached hydrogens (primary N) is 1. The maximum atomic E-state index is 5.96. The molecule has 0 aromatic carbocycles. The van der Waals surface area contributed by atoms with Gasteiger partial charge in [-0.3, -0.25) is 0 Å². The van der Waals surface area contributed by atoms with Gasteiger partial charge in [-0.15, -0.1) is 0 Å². The highest BCUT2D eigenvalue weighted by Gasteiger charge is 2.27. The maximum absolute atomic E-state index is 5.96. The number of nitrogen functional groups attached to an aromatic ring is 1. The molecule has 0 aliphatic heterocycles. The monoisotopic (exact) mass is 263 g/mol. The van der Waals surface area contributed by atoms with E-state index in [2.05, 4.69) is 34.3 Å². The number of hydrogen-bond acceptors (Lipinski definition) is 5. The molecule has 1 aliphatic carbocycles. The van der Waals surface area contributed by atoms with Crippen molar-refractivity contribution >= 4 is 11.6 Å². The molecule has 3 N–H and O–H groups in total. The first-order chi connectivity index (χ1) is 9.08. The van der Waals surface area contributed by atoms with Crippen molar-refractivity contribution in [3.8, 4) is 0 Å². The Morgan fingerprint density at radius 1 is 1.26 bits per heavy atom. The molecule has 1 aliphatic rings. The molecule has 0 bridgehead atoms. The first kappa shape index (κ1) is 14.1. The van der Waals surface area contributed by atoms with Gasteiger partial charge >= 0.3 is 0 Å². The van der Waals surface area contributed by atoms with Crippen LogP contribution in [0.1, 0.15) is 43.0 Å². The van der Waals surface area contributed by atoms with Gasteiger partial charge in [-0.25, -0.2) is 9.97 Å². The maximum Gasteiger partial charge on any atom is 0.136 e. The number of unbranched alkanes of at least 4 members (excludes halogenated alkanes) is 1. The number of anilines is 2. The lowest BCUT2D eigenvalue weighted by molar-refractivity contribution is 0.396. The van der Waals surface area contributed by atoms with Gasteiger partial charge < -0.3 is 16.0 Å². The third-order valence-corrected chi connectivity index (χ3v) is 3.47. The van der Waals surface area contributed by atoms with Gasteiger partial charge in [0.2, 0.25) is 0 Å². The summed E-state index contributed by atoms with van der Waals surface area (Å²) in [5.74, 6) is 2.99. The minimum absolute atomic E-state index is 0.539. The van der Waals surface area contributed by atoms with Crippen LogP contribution in [0.2, 0.25) is 0 Å². The molecule has 2 rings (SSSR count). The minimum Gasteiger partial charge on any atom is -0.383 e. The van der Waals surface area contributed by atoms with E-state index in [1.165, 1.54) is 19.3 Å². The minimum atomic E-state index is 0.539. The second-order valence-electron chi connectivity index (χ2n) is 5.65. The van der Waals surface area contributed by atoms with Gasteiger partial charge in [-0.2, -0.15) is 0 Å². The van der Waals surface area contributed by atoms with Gasteiger partial charge in [0, 0.05) is 18.0 Å². The molecule has 1 fully saturated rings. The number of hydrogen-bond donors (Lipinski definition) is 2. The lowest BCUT2D eigenvalue weighted by Crippen LogP contribution is -2.15. The van der Waals surface area contributed by atoms with Crippen LogP contribution in [-0.4, -0.2) is 42.1 Å². The van der Waals surface area contributed by atoms with Crippen LogP contribution in [0, 0.1) is 6.92 Å². The van der Waals surface area contributed by atoms with Crippen molar-refractivity contribution in [3.05, 3.63) is 11.4 Å². The molecule has 0 atom stereocenters. The molecule has 19 heavy (non-hydrogen) atoms. The van der Waals surface area contributed by atoms with E-state index in [-0.39, 0.29) is 0 Å². The summed E-state index contributed by atoms with van der Waals surface area (Å²) in [4.78, 5) is 11.2. The molecule has 0 unspecified atom stereocenters. The van der Waals surface area contributed by atoms with Crippen molar-refractivity contribution in [2.75, 3.05) is 38.2 Å². The summed E-state index contributed by atoms with van der Waals surface area (Å²) in [7, 11) is 4.20. The molecule has 0 saturated heterocycles. The van der Waals surface area contributed by atoms with Crippen molar-refractivity contribution in [1.82, 2.24) is 14.9 Å². The number of nitrogens with zero attached hydrogens (tertiary/aromatic N) is 3. The van der Waals surface area contributed by atoms with Gasteiger partial charge in [0.05, 0.1) is 0 Å². The molecular weight excluding hydrogens is 238 g/mol. The van der Waals surface area contributed by atoms with Gasteiger partial charge in [0.25, 0.3) is 0 Å². The molecule has 0 amide bonds. The lowest BCUT2D eigenvalue weighted by Gasteiger charge is -2.13. The SMILES string of the molecule is Cc1c(N)nc(C2CC2)nc1NCCCCN(C)C. The topological polar surface area (TPSA) is 67.1 Å². The van der Waals surface area contributed by atoms with Crippen LogP contribution < -0.4 is 11.1 Å². The molecule has 1 aromatic heterocycles. The second kappa shape index (κ2) is 6.19. The molecule has 5 heteroatoms. The van der Waals surface area contributed by atoms with Crippen LogP contribution in [0.3, 0.4) is 0 Å². The Labute approximate surface area is 115 Å². The van der Waals surface area contributed by atoms with Gasteiger partial charge in [-0.1, -0.05) is 0 Å². The van der Waals surface area contributed by atoms with Gasteiger partial charge in [-0.05, 0) is 53.2 Å². The molecule has 1 aromatic rings. The third kappa shape index (κ3) is 4.06. The summed E-state index contributed by atoms with van der Waals surface area (Å²) in [6, 6.07) is 0. The van der Waals surface area contributed by atoms with E-state index < -0.39 is 0 Å². The van der Waals surface area contributed by atoms with Crippen molar-refractivity contribution in [1.29, 1.82) is 0 Å². The highest BCUT2D eigenvalue weighted by molar-refractivity contribution is 5.55. The number of rotatable bonds is 7. The molecule has 0 spiro atoms. The normalized spacial score (nSPS) is 14.9. The van der Waals surface area contributed by atoms with Crippen LogP contribution in [0.4, 0.5) is 11.6 Å². The van der Waals surface area contributed by atoms with E-state index in [9.17, 15) is 0 Å². The standard InChI is InChI=1S/C14H25N5/c1-10-12(15)17-14(11-6-7-11)18-13(10)16-8-4-5-9-19(2)3/h11H,4-9H2,1-3H3,(H3,15,16,17,18). The summed E-state index contributed by atoms with van der Waals surface area (Å²) in [6.45, 7) is 4.04. The Balaban J connectivity index is 1.88. The largest absolute Gasteiger partial charge is 0.383 e. The van der Waals surface area contributed by atoms with E-state index in [1.807, 2.05) is 6.92 Å². The Morgan fingerprint density at radius 2 is 2.00 bits per heavy atom. The molecule has 5 nitrogen and oxygen atoms in total. The molecule has 1 heterocycles. The molecule has 0 radical (unpaired) electrons. The van der Waals surface area contributed by atoms with E-state index in [0.717, 1.165) is 36.7 Å². The van der Waals surface area contributed by atoms with Crippen molar-refractivity contribution in [3.63, 3.8) is 0 Å². The van der Waals surface area contributed by atoms with Crippen molar-refractivity contribution in [2.24, 2.45) is 0 Å². The lowest BCUT2D eigenvalue weighted by atomic mass is 10.2. The van der Waals surface area contributed by atoms with E-state index in [1.54, 1.807) is 0 Å². The first-order valence-electron chi connectivity index (χ1n) is 7.10. The fourth-order valence-electron chi connectivity index (χ4n) is 2.01. The van der Waals surface area contributed by atoms with Crippen LogP contribution in [-0.2, 0) is 0 Å². The van der Waals surface area contributed by atoms with E-state index in [0.29, 0.717) is 11.7 Å². The first-order valence-corrected chi connectivity index (χ1v) is 7.10. The van der Waals surface area contributed by atoms with Crippen LogP contribution in [0.25, 0.3) is 0 Å². The third-order valence-electron chi connectivity index (χ3n) is 3.47. The summed E-state index contributed by atoms with van der Waals surface area (Å²) in [5, 5.41) is 3.40. The fourth-order valence-corrected chi connectivity index (χ4v) is 2.01. The van der Waals surface area contributed by atoms with E-state index >= 15 is 0 Å². The Morgan fingerprint density at radius 3 is 2.63 bits per heavy atom. The summed E-state index contributed by atoms with van der Waals surface area (Å²) >= 11 is 0. The predicted octanol–water partition coefficient (Wildman–Crippen LogP) is 2.00. The van der Waals surface area contributed by atoms with E-state index in [4.69, 9.17) is 5.73 Å².